The molecule has 156 valence electrons. The highest BCUT2D eigenvalue weighted by molar-refractivity contribution is 5.86. The third kappa shape index (κ3) is 7.19. The minimum absolute atomic E-state index is 0.168. The molecular weight excluding hydrogens is 348 g/mol. The molecule has 0 aliphatic rings. The number of hydrogen-bond donors (Lipinski definition) is 4. The highest BCUT2D eigenvalue weighted by Crippen LogP contribution is 2.34. The highest BCUT2D eigenvalue weighted by atomic mass is 16.2. The molecule has 4 N–H and O–H groups in total. The fraction of sp³-hybridized carbons (Fsp3) is 0.789. The molecule has 0 unspecified atom stereocenters. The van der Waals surface area contributed by atoms with Crippen LogP contribution in [0.25, 0.3) is 0 Å². The molecule has 2 atom stereocenters. The predicted molar refractivity (Wildman–Crippen MR) is 105 cm³/mol. The van der Waals surface area contributed by atoms with E-state index in [1.54, 1.807) is 41.8 Å². The van der Waals surface area contributed by atoms with Crippen LogP contribution in [-0.4, -0.2) is 51.8 Å². The smallest absolute Gasteiger partial charge is 0.225 e. The highest BCUT2D eigenvalue weighted by Gasteiger charge is 2.38. The van der Waals surface area contributed by atoms with Crippen molar-refractivity contribution in [2.24, 2.45) is 22.7 Å². The van der Waals surface area contributed by atoms with Crippen LogP contribution >= 0.6 is 0 Å². The first kappa shape index (κ1) is 24.9. The van der Waals surface area contributed by atoms with Crippen LogP contribution in [0.5, 0.6) is 0 Å². The summed E-state index contributed by atoms with van der Waals surface area (Å²) in [7, 11) is 6.17. The van der Waals surface area contributed by atoms with Crippen molar-refractivity contribution in [2.45, 2.75) is 47.0 Å². The zero-order chi connectivity index (χ0) is 21.4. The van der Waals surface area contributed by atoms with Gasteiger partial charge in [-0.15, -0.1) is 0 Å². The summed E-state index contributed by atoms with van der Waals surface area (Å²) >= 11 is 0. The standard InChI is InChI=1S/C19H36N4O4/c1-18(2,16(26)22-7)10-12(14(24)20-5)9-13(15(25)21-6)11-19(3,4)17(27)23-8/h12-13H,9-11H2,1-8H3,(H,20,24)(H,21,25)(H,22,26)(H,23,27)/t12-,13+. The van der Waals surface area contributed by atoms with Gasteiger partial charge in [0.05, 0.1) is 0 Å². The summed E-state index contributed by atoms with van der Waals surface area (Å²) in [6, 6.07) is 0. The first-order valence-electron chi connectivity index (χ1n) is 9.23. The Morgan fingerprint density at radius 1 is 0.630 bits per heavy atom. The van der Waals surface area contributed by atoms with E-state index in [-0.39, 0.29) is 30.0 Å². The van der Waals surface area contributed by atoms with Crippen molar-refractivity contribution >= 4 is 23.6 Å². The van der Waals surface area contributed by atoms with Gasteiger partial charge in [0.1, 0.15) is 0 Å². The van der Waals surface area contributed by atoms with Crippen LogP contribution in [0.2, 0.25) is 0 Å². The molecule has 8 heteroatoms. The lowest BCUT2D eigenvalue weighted by Crippen LogP contribution is -2.43. The average Bonchev–Trinajstić information content (AvgIpc) is 2.63. The lowest BCUT2D eigenvalue weighted by molar-refractivity contribution is -0.133. The van der Waals surface area contributed by atoms with Gasteiger partial charge >= 0.3 is 0 Å². The molecule has 0 aromatic carbocycles. The lowest BCUT2D eigenvalue weighted by atomic mass is 9.74. The molecule has 0 rings (SSSR count). The number of carbonyl (C=O) groups is 4. The first-order chi connectivity index (χ1) is 12.4. The Hall–Kier alpha value is -2.12. The fourth-order valence-electron chi connectivity index (χ4n) is 3.41. The van der Waals surface area contributed by atoms with Crippen molar-refractivity contribution in [3.63, 3.8) is 0 Å². The van der Waals surface area contributed by atoms with Gasteiger partial charge in [-0.3, -0.25) is 19.2 Å². The van der Waals surface area contributed by atoms with E-state index in [9.17, 15) is 19.2 Å². The molecule has 0 saturated heterocycles. The average molecular weight is 385 g/mol. The monoisotopic (exact) mass is 384 g/mol. The topological polar surface area (TPSA) is 116 Å². The molecule has 4 amide bonds. The van der Waals surface area contributed by atoms with Crippen molar-refractivity contribution in [2.75, 3.05) is 28.2 Å². The molecule has 0 aromatic heterocycles. The van der Waals surface area contributed by atoms with E-state index in [4.69, 9.17) is 0 Å². The molecule has 0 aliphatic carbocycles. The van der Waals surface area contributed by atoms with Gasteiger partial charge < -0.3 is 21.3 Å². The van der Waals surface area contributed by atoms with Gasteiger partial charge in [-0.2, -0.15) is 0 Å². The molecular formula is C19H36N4O4. The van der Waals surface area contributed by atoms with Crippen LogP contribution < -0.4 is 21.3 Å². The predicted octanol–water partition coefficient (Wildman–Crippen LogP) is 0.426. The van der Waals surface area contributed by atoms with Crippen molar-refractivity contribution in [1.82, 2.24) is 21.3 Å². The van der Waals surface area contributed by atoms with E-state index in [2.05, 4.69) is 21.3 Å². The third-order valence-electron chi connectivity index (χ3n) is 5.00. The van der Waals surface area contributed by atoms with Gasteiger partial charge in [-0.05, 0) is 19.3 Å². The maximum absolute atomic E-state index is 12.4. The van der Waals surface area contributed by atoms with E-state index < -0.39 is 22.7 Å². The number of carbonyl (C=O) groups excluding carboxylic acids is 4. The Labute approximate surface area is 162 Å². The Kier molecular flexibility index (Phi) is 9.47. The fourth-order valence-corrected chi connectivity index (χ4v) is 3.41. The molecule has 0 aliphatic heterocycles. The zero-order valence-corrected chi connectivity index (χ0v) is 17.9. The Bertz CT molecular complexity index is 510. The van der Waals surface area contributed by atoms with Crippen LogP contribution in [-0.2, 0) is 19.2 Å². The van der Waals surface area contributed by atoms with Crippen molar-refractivity contribution in [3.8, 4) is 0 Å². The summed E-state index contributed by atoms with van der Waals surface area (Å²) in [6.07, 6.45) is 0.834. The molecule has 0 spiro atoms. The van der Waals surface area contributed by atoms with Gasteiger partial charge in [0.2, 0.25) is 23.6 Å². The molecule has 0 radical (unpaired) electrons. The lowest BCUT2D eigenvalue weighted by Gasteiger charge is -2.32. The second-order valence-electron chi connectivity index (χ2n) is 8.19. The number of rotatable bonds is 10. The van der Waals surface area contributed by atoms with Gasteiger partial charge in [-0.1, -0.05) is 27.7 Å². The van der Waals surface area contributed by atoms with E-state index in [0.29, 0.717) is 12.8 Å². The molecule has 0 saturated carbocycles. The molecule has 27 heavy (non-hydrogen) atoms. The molecule has 0 heterocycles. The van der Waals surface area contributed by atoms with Crippen molar-refractivity contribution in [1.29, 1.82) is 0 Å². The van der Waals surface area contributed by atoms with Crippen LogP contribution in [0.1, 0.15) is 47.0 Å². The second kappa shape index (κ2) is 10.3. The summed E-state index contributed by atoms with van der Waals surface area (Å²) < 4.78 is 0. The van der Waals surface area contributed by atoms with E-state index in [1.165, 1.54) is 14.1 Å². The summed E-state index contributed by atoms with van der Waals surface area (Å²) in [6.45, 7) is 7.08. The number of nitrogens with one attached hydrogen (secondary N) is 4. The van der Waals surface area contributed by atoms with Crippen LogP contribution in [0.15, 0.2) is 0 Å². The molecule has 0 aromatic rings. The SMILES string of the molecule is CNC(=O)[C@H](C[C@@H](CC(C)(C)C(=O)NC)C(=O)NC)CC(C)(C)C(=O)NC. The Morgan fingerprint density at radius 2 is 0.926 bits per heavy atom. The third-order valence-corrected chi connectivity index (χ3v) is 5.00. The largest absolute Gasteiger partial charge is 0.359 e. The summed E-state index contributed by atoms with van der Waals surface area (Å²) in [5, 5.41) is 10.5. The van der Waals surface area contributed by atoms with Gasteiger partial charge in [0.25, 0.3) is 0 Å². The van der Waals surface area contributed by atoms with Crippen molar-refractivity contribution in [3.05, 3.63) is 0 Å². The second-order valence-corrected chi connectivity index (χ2v) is 8.19. The Morgan fingerprint density at radius 3 is 1.15 bits per heavy atom. The normalized spacial score (nSPS) is 13.9. The quantitative estimate of drug-likeness (QED) is 0.437. The van der Waals surface area contributed by atoms with Gasteiger partial charge in [0.15, 0.2) is 0 Å². The summed E-state index contributed by atoms with van der Waals surface area (Å²) in [5.74, 6) is -1.86. The molecule has 8 nitrogen and oxygen atoms in total. The summed E-state index contributed by atoms with van der Waals surface area (Å²) in [5.41, 5.74) is -1.54. The van der Waals surface area contributed by atoms with E-state index >= 15 is 0 Å². The first-order valence-corrected chi connectivity index (χ1v) is 9.23. The number of hydrogen-bond acceptors (Lipinski definition) is 4. The molecule has 0 fully saturated rings. The molecule has 0 bridgehead atoms. The minimum atomic E-state index is -0.768. The maximum Gasteiger partial charge on any atom is 0.225 e. The summed E-state index contributed by atoms with van der Waals surface area (Å²) in [4.78, 5) is 49.2. The van der Waals surface area contributed by atoms with Crippen molar-refractivity contribution < 1.29 is 19.2 Å². The van der Waals surface area contributed by atoms with Crippen LogP contribution in [0, 0.1) is 22.7 Å². The van der Waals surface area contributed by atoms with E-state index in [1.807, 2.05) is 0 Å². The Balaban J connectivity index is 5.63. The number of amides is 4. The van der Waals surface area contributed by atoms with Crippen LogP contribution in [0.4, 0.5) is 0 Å². The van der Waals surface area contributed by atoms with Gasteiger partial charge in [0, 0.05) is 50.9 Å². The maximum atomic E-state index is 12.4. The zero-order valence-electron chi connectivity index (χ0n) is 17.9. The van der Waals surface area contributed by atoms with Gasteiger partial charge in [-0.25, -0.2) is 0 Å². The van der Waals surface area contributed by atoms with Crippen LogP contribution in [0.3, 0.4) is 0 Å². The minimum Gasteiger partial charge on any atom is -0.359 e. The van der Waals surface area contributed by atoms with E-state index in [0.717, 1.165) is 0 Å².